The molecule has 1 saturated heterocycles. The Balaban J connectivity index is 1.58. The number of anilines is 1. The van der Waals surface area contributed by atoms with Crippen LogP contribution in [0.1, 0.15) is 31.1 Å². The molecule has 0 saturated carbocycles. The summed E-state index contributed by atoms with van der Waals surface area (Å²) in [4.78, 5) is 4.22. The first-order valence-electron chi connectivity index (χ1n) is 9.57. The molecule has 1 aliphatic heterocycles. The fraction of sp³-hybridized carbons (Fsp3) is 0.300. The number of ether oxygens (including phenoxy) is 1. The van der Waals surface area contributed by atoms with E-state index >= 15 is 0 Å². The number of rotatable bonds is 5. The van der Waals surface area contributed by atoms with Crippen molar-refractivity contribution in [1.82, 2.24) is 20.1 Å². The summed E-state index contributed by atoms with van der Waals surface area (Å²) in [6.07, 6.45) is 5.11. The number of aromatic nitrogens is 3. The lowest BCUT2D eigenvalue weighted by Gasteiger charge is -2.19. The van der Waals surface area contributed by atoms with Gasteiger partial charge in [0.05, 0.1) is 33.0 Å². The van der Waals surface area contributed by atoms with Crippen molar-refractivity contribution in [2.45, 2.75) is 30.8 Å². The van der Waals surface area contributed by atoms with Crippen molar-refractivity contribution in [3.05, 3.63) is 58.2 Å². The summed E-state index contributed by atoms with van der Waals surface area (Å²) in [6.45, 7) is 2.32. The molecule has 2 atom stereocenters. The minimum Gasteiger partial charge on any atom is -0.482 e. The molecule has 1 aromatic carbocycles. The molecule has 0 amide bonds. The zero-order valence-corrected chi connectivity index (χ0v) is 18.2. The van der Waals surface area contributed by atoms with Gasteiger partial charge >= 0.3 is 0 Å². The predicted molar refractivity (Wildman–Crippen MR) is 121 cm³/mol. The average Bonchev–Trinajstić information content (AvgIpc) is 3.33. The predicted octanol–water partition coefficient (Wildman–Crippen LogP) is 3.64. The summed E-state index contributed by atoms with van der Waals surface area (Å²) >= 11 is 12.3. The summed E-state index contributed by atoms with van der Waals surface area (Å²) in [5, 5.41) is 6.78. The molecular weight excluding hydrogens is 438 g/mol. The smallest absolute Gasteiger partial charge is 0.166 e. The van der Waals surface area contributed by atoms with Crippen LogP contribution in [0.2, 0.25) is 10.0 Å². The molecule has 3 N–H and O–H groups in total. The first-order chi connectivity index (χ1) is 14.6. The van der Waals surface area contributed by atoms with Gasteiger partial charge in [0.2, 0.25) is 0 Å². The molecule has 11 heteroatoms. The van der Waals surface area contributed by atoms with E-state index in [0.29, 0.717) is 29.3 Å². The zero-order chi connectivity index (χ0) is 22.3. The Kier molecular flexibility index (Phi) is 5.94. The monoisotopic (exact) mass is 455 g/mol. The van der Waals surface area contributed by atoms with Crippen molar-refractivity contribution in [1.29, 1.82) is 0 Å². The van der Waals surface area contributed by atoms with E-state index < -0.39 is 17.3 Å². The molecule has 6 nitrogen and oxygen atoms in total. The van der Waals surface area contributed by atoms with E-state index in [1.54, 1.807) is 25.4 Å². The van der Waals surface area contributed by atoms with Gasteiger partial charge in [0.25, 0.3) is 0 Å². The molecule has 0 aliphatic carbocycles. The SMILES string of the molecule is [B]C1([B])CC(n2cc(-c3cnc(N)c(OC(C)c4c(Cl)ccc(F)c4Cl)c3)cn2)CN1. The summed E-state index contributed by atoms with van der Waals surface area (Å²) in [5.74, 6) is -0.0774. The van der Waals surface area contributed by atoms with E-state index in [2.05, 4.69) is 15.4 Å². The first kappa shape index (κ1) is 22.0. The minimum absolute atomic E-state index is 0.0403. The Morgan fingerprint density at radius 2 is 2.10 bits per heavy atom. The molecule has 4 rings (SSSR count). The van der Waals surface area contributed by atoms with Gasteiger partial charge in [-0.3, -0.25) is 4.68 Å². The zero-order valence-electron chi connectivity index (χ0n) is 16.6. The molecule has 31 heavy (non-hydrogen) atoms. The highest BCUT2D eigenvalue weighted by Crippen LogP contribution is 2.37. The first-order valence-corrected chi connectivity index (χ1v) is 10.3. The molecule has 156 valence electrons. The molecule has 2 aromatic heterocycles. The molecule has 0 spiro atoms. The van der Waals surface area contributed by atoms with Crippen LogP contribution < -0.4 is 15.8 Å². The Hall–Kier alpha value is -2.22. The van der Waals surface area contributed by atoms with Gasteiger partial charge in [-0.2, -0.15) is 5.10 Å². The van der Waals surface area contributed by atoms with E-state index in [1.165, 1.54) is 12.1 Å². The van der Waals surface area contributed by atoms with Gasteiger partial charge in [0, 0.05) is 40.7 Å². The van der Waals surface area contributed by atoms with Gasteiger partial charge in [-0.25, -0.2) is 9.37 Å². The van der Waals surface area contributed by atoms with E-state index in [9.17, 15) is 4.39 Å². The number of halogens is 3. The number of hydrogen-bond donors (Lipinski definition) is 2. The summed E-state index contributed by atoms with van der Waals surface area (Å²) in [6, 6.07) is 4.41. The number of nitrogen functional groups attached to an aromatic ring is 1. The Bertz CT molecular complexity index is 1130. The lowest BCUT2D eigenvalue weighted by Crippen LogP contribution is -2.40. The molecule has 4 radical (unpaired) electrons. The second kappa shape index (κ2) is 8.37. The Labute approximate surface area is 192 Å². The van der Waals surface area contributed by atoms with Crippen LogP contribution in [0.5, 0.6) is 5.75 Å². The molecule has 2 unspecified atom stereocenters. The molecular formula is C20H18B2Cl2FN5O. The maximum absolute atomic E-state index is 13.9. The molecule has 3 heterocycles. The van der Waals surface area contributed by atoms with Gasteiger partial charge in [-0.1, -0.05) is 28.5 Å². The van der Waals surface area contributed by atoms with Crippen molar-refractivity contribution < 1.29 is 9.13 Å². The van der Waals surface area contributed by atoms with Gasteiger partial charge in [-0.15, -0.1) is 0 Å². The summed E-state index contributed by atoms with van der Waals surface area (Å²) in [7, 11) is 11.9. The Morgan fingerprint density at radius 3 is 2.81 bits per heavy atom. The molecule has 1 aliphatic rings. The third-order valence-corrected chi connectivity index (χ3v) is 5.93. The average molecular weight is 456 g/mol. The standard InChI is InChI=1S/C20H18B2Cl2FN5O/c1-10(17-14(23)2-3-15(25)18(17)24)31-16-4-11(6-27-19(16)26)12-7-29-30(9-12)13-5-20(21,22)28-8-13/h2-4,6-7,9-10,13,28H,5,8H2,1H3,(H2,26,27). The van der Waals surface area contributed by atoms with Crippen LogP contribution in [0.25, 0.3) is 11.1 Å². The minimum atomic E-state index is -0.907. The molecule has 1 fully saturated rings. The second-order valence-electron chi connectivity index (χ2n) is 7.61. The van der Waals surface area contributed by atoms with E-state index in [1.807, 2.05) is 10.9 Å². The largest absolute Gasteiger partial charge is 0.482 e. The maximum atomic E-state index is 13.9. The van der Waals surface area contributed by atoms with Gasteiger partial charge in [-0.05, 0) is 31.5 Å². The number of nitrogens with zero attached hydrogens (tertiary/aromatic N) is 3. The van der Waals surface area contributed by atoms with Crippen LogP contribution in [-0.2, 0) is 0 Å². The van der Waals surface area contributed by atoms with Gasteiger partial charge < -0.3 is 15.8 Å². The van der Waals surface area contributed by atoms with Crippen molar-refractivity contribution in [3.63, 3.8) is 0 Å². The highest BCUT2D eigenvalue weighted by Gasteiger charge is 2.30. The van der Waals surface area contributed by atoms with Gasteiger partial charge in [0.1, 0.15) is 11.9 Å². The van der Waals surface area contributed by atoms with Crippen molar-refractivity contribution in [3.8, 4) is 16.9 Å². The van der Waals surface area contributed by atoms with Crippen LogP contribution in [0, 0.1) is 5.82 Å². The number of hydrogen-bond acceptors (Lipinski definition) is 5. The van der Waals surface area contributed by atoms with E-state index in [4.69, 9.17) is 49.4 Å². The van der Waals surface area contributed by atoms with Crippen molar-refractivity contribution in [2.24, 2.45) is 0 Å². The molecule has 0 bridgehead atoms. The van der Waals surface area contributed by atoms with Crippen LogP contribution in [-0.4, -0.2) is 42.3 Å². The van der Waals surface area contributed by atoms with Crippen LogP contribution >= 0.6 is 23.2 Å². The third-order valence-electron chi connectivity index (χ3n) is 5.22. The Morgan fingerprint density at radius 1 is 1.32 bits per heavy atom. The topological polar surface area (TPSA) is 78.0 Å². The third kappa shape index (κ3) is 4.54. The van der Waals surface area contributed by atoms with E-state index in [-0.39, 0.29) is 16.9 Å². The molecule has 3 aromatic rings. The number of benzene rings is 1. The lowest BCUT2D eigenvalue weighted by molar-refractivity contribution is 0.227. The quantitative estimate of drug-likeness (QED) is 0.453. The van der Waals surface area contributed by atoms with Crippen LogP contribution in [0.15, 0.2) is 36.8 Å². The van der Waals surface area contributed by atoms with Gasteiger partial charge in [0.15, 0.2) is 11.6 Å². The highest BCUT2D eigenvalue weighted by atomic mass is 35.5. The van der Waals surface area contributed by atoms with E-state index in [0.717, 1.165) is 11.1 Å². The van der Waals surface area contributed by atoms with Crippen LogP contribution in [0.4, 0.5) is 10.2 Å². The fourth-order valence-electron chi connectivity index (χ4n) is 3.59. The van der Waals surface area contributed by atoms with Crippen molar-refractivity contribution in [2.75, 3.05) is 12.3 Å². The summed E-state index contributed by atoms with van der Waals surface area (Å²) in [5.41, 5.74) is 7.90. The second-order valence-corrected chi connectivity index (χ2v) is 8.40. The number of pyridine rings is 1. The normalized spacial score (nSPS) is 18.8. The number of nitrogens with one attached hydrogen (secondary N) is 1. The fourth-order valence-corrected chi connectivity index (χ4v) is 4.27. The van der Waals surface area contributed by atoms with Crippen molar-refractivity contribution >= 4 is 44.7 Å². The maximum Gasteiger partial charge on any atom is 0.166 e. The highest BCUT2D eigenvalue weighted by molar-refractivity contribution is 6.40. The van der Waals surface area contributed by atoms with Crippen LogP contribution in [0.3, 0.4) is 0 Å². The number of nitrogens with two attached hydrogens (primary N) is 1. The lowest BCUT2D eigenvalue weighted by atomic mass is 9.61. The summed E-state index contributed by atoms with van der Waals surface area (Å²) < 4.78 is 21.7.